The molecule has 2 aliphatic carbocycles. The topological polar surface area (TPSA) is 16.4 Å². The minimum absolute atomic E-state index is 0.480. The Hall–Kier alpha value is -7.94. The van der Waals surface area contributed by atoms with Gasteiger partial charge in [0.25, 0.3) is 0 Å². The Balaban J connectivity index is 1.13. The summed E-state index contributed by atoms with van der Waals surface area (Å²) >= 11 is 0. The van der Waals surface area contributed by atoms with Crippen LogP contribution in [-0.4, -0.2) is 0 Å². The van der Waals surface area contributed by atoms with Crippen molar-refractivity contribution >= 4 is 49.8 Å². The maximum atomic E-state index is 7.16. The second-order valence-corrected chi connectivity index (χ2v) is 16.4. The van der Waals surface area contributed by atoms with Crippen LogP contribution in [0.2, 0.25) is 0 Å². The second kappa shape index (κ2) is 13.0. The summed E-state index contributed by atoms with van der Waals surface area (Å²) in [7, 11) is 0. The molecule has 61 heavy (non-hydrogen) atoms. The van der Waals surface area contributed by atoms with Crippen LogP contribution in [0.5, 0.6) is 0 Å². The van der Waals surface area contributed by atoms with Crippen LogP contribution in [0.25, 0.3) is 77.2 Å². The van der Waals surface area contributed by atoms with Gasteiger partial charge in [0.15, 0.2) is 5.58 Å². The van der Waals surface area contributed by atoms with Gasteiger partial charge in [-0.3, -0.25) is 0 Å². The predicted octanol–water partition coefficient (Wildman–Crippen LogP) is 15.9. The Bertz CT molecular complexity index is 3460. The number of hydrogen-bond acceptors (Lipinski definition) is 2. The number of anilines is 3. The lowest BCUT2D eigenvalue weighted by Gasteiger charge is -2.32. The SMILES string of the molecule is c1ccc(-c2ccc(N(c3ccc4c(c3)C3(c5ccccc5-c5ccccc53)c3ccccc3-4)c3c(-c4ccccc4)ccc4c3oc3cc5ccccc5cc34)cc2)cc1. The van der Waals surface area contributed by atoms with Crippen molar-refractivity contribution in [3.8, 4) is 44.5 Å². The molecule has 0 saturated carbocycles. The van der Waals surface area contributed by atoms with E-state index in [0.717, 1.165) is 55.5 Å². The minimum Gasteiger partial charge on any atom is -0.454 e. The third kappa shape index (κ3) is 4.85. The number of benzene rings is 10. The molecule has 0 atom stereocenters. The summed E-state index contributed by atoms with van der Waals surface area (Å²) < 4.78 is 7.16. The van der Waals surface area contributed by atoms with E-state index in [1.54, 1.807) is 0 Å². The van der Waals surface area contributed by atoms with Crippen LogP contribution in [0.4, 0.5) is 17.1 Å². The van der Waals surface area contributed by atoms with E-state index in [-0.39, 0.29) is 0 Å². The number of nitrogens with zero attached hydrogens (tertiary/aromatic N) is 1. The van der Waals surface area contributed by atoms with Gasteiger partial charge < -0.3 is 9.32 Å². The van der Waals surface area contributed by atoms with Crippen LogP contribution in [0.3, 0.4) is 0 Å². The van der Waals surface area contributed by atoms with Gasteiger partial charge in [-0.05, 0) is 114 Å². The molecular weight excluding hydrogens is 739 g/mol. The van der Waals surface area contributed by atoms with Crippen molar-refractivity contribution in [1.82, 2.24) is 0 Å². The van der Waals surface area contributed by atoms with Gasteiger partial charge in [0, 0.05) is 27.7 Å². The normalized spacial score (nSPS) is 13.0. The molecule has 10 aromatic carbocycles. The summed E-state index contributed by atoms with van der Waals surface area (Å²) in [5.74, 6) is 0. The molecule has 0 radical (unpaired) electrons. The summed E-state index contributed by atoms with van der Waals surface area (Å²) in [6.45, 7) is 0. The van der Waals surface area contributed by atoms with Crippen molar-refractivity contribution in [3.63, 3.8) is 0 Å². The number of hydrogen-bond donors (Lipinski definition) is 0. The zero-order chi connectivity index (χ0) is 40.1. The Morgan fingerprint density at radius 3 is 1.46 bits per heavy atom. The molecule has 1 aromatic heterocycles. The molecule has 0 aliphatic heterocycles. The average molecular weight is 776 g/mol. The first kappa shape index (κ1) is 34.0. The first-order valence-electron chi connectivity index (χ1n) is 21.1. The van der Waals surface area contributed by atoms with Gasteiger partial charge >= 0.3 is 0 Å². The van der Waals surface area contributed by atoms with E-state index in [2.05, 4.69) is 229 Å². The number of furan rings is 1. The Morgan fingerprint density at radius 2 is 0.820 bits per heavy atom. The van der Waals surface area contributed by atoms with Gasteiger partial charge in [0.1, 0.15) is 5.58 Å². The highest BCUT2D eigenvalue weighted by Gasteiger charge is 2.51. The number of fused-ring (bicyclic) bond motifs is 14. The molecule has 13 rings (SSSR count). The van der Waals surface area contributed by atoms with Crippen LogP contribution < -0.4 is 4.90 Å². The molecular formula is C59H37NO. The fraction of sp³-hybridized carbons (Fsp3) is 0.0169. The second-order valence-electron chi connectivity index (χ2n) is 16.4. The van der Waals surface area contributed by atoms with Crippen LogP contribution in [0.15, 0.2) is 229 Å². The smallest absolute Gasteiger partial charge is 0.160 e. The molecule has 284 valence electrons. The third-order valence-corrected chi connectivity index (χ3v) is 13.3. The standard InChI is InChI=1S/C59H37NO/c1-3-15-38(16-4-1)39-27-29-43(30-28-39)60(57-45(40-17-5-2-6-18-40)33-34-50-51-35-41-19-7-8-20-42(41)36-56(51)61-58(50)57)44-31-32-49-48-23-11-14-26-54(48)59(55(49)37-44)52-24-12-9-21-46(52)47-22-10-13-25-53(47)59/h1-37H. The van der Waals surface area contributed by atoms with Gasteiger partial charge in [0.05, 0.1) is 11.1 Å². The molecule has 1 heterocycles. The van der Waals surface area contributed by atoms with Crippen LogP contribution in [0.1, 0.15) is 22.3 Å². The first-order valence-corrected chi connectivity index (χ1v) is 21.1. The van der Waals surface area contributed by atoms with E-state index in [4.69, 9.17) is 4.42 Å². The lowest BCUT2D eigenvalue weighted by molar-refractivity contribution is 0.670. The molecule has 0 amide bonds. The zero-order valence-electron chi connectivity index (χ0n) is 33.2. The predicted molar refractivity (Wildman–Crippen MR) is 253 cm³/mol. The van der Waals surface area contributed by atoms with E-state index in [1.165, 1.54) is 61.0 Å². The van der Waals surface area contributed by atoms with Crippen molar-refractivity contribution in [1.29, 1.82) is 0 Å². The van der Waals surface area contributed by atoms with Gasteiger partial charge in [-0.15, -0.1) is 0 Å². The molecule has 0 unspecified atom stereocenters. The van der Waals surface area contributed by atoms with Crippen molar-refractivity contribution in [2.24, 2.45) is 0 Å². The Labute approximate surface area is 354 Å². The highest BCUT2D eigenvalue weighted by atomic mass is 16.3. The highest BCUT2D eigenvalue weighted by molar-refractivity contribution is 6.16. The lowest BCUT2D eigenvalue weighted by Crippen LogP contribution is -2.26. The van der Waals surface area contributed by atoms with E-state index in [9.17, 15) is 0 Å². The first-order chi connectivity index (χ1) is 30.3. The maximum Gasteiger partial charge on any atom is 0.160 e. The van der Waals surface area contributed by atoms with Crippen molar-refractivity contribution in [2.75, 3.05) is 4.90 Å². The van der Waals surface area contributed by atoms with E-state index >= 15 is 0 Å². The van der Waals surface area contributed by atoms with Crippen LogP contribution in [-0.2, 0) is 5.41 Å². The summed E-state index contributed by atoms with van der Waals surface area (Å²) in [6, 6.07) is 82.2. The molecule has 2 nitrogen and oxygen atoms in total. The Kier molecular flexibility index (Phi) is 7.26. The highest BCUT2D eigenvalue weighted by Crippen LogP contribution is 2.63. The summed E-state index contributed by atoms with van der Waals surface area (Å²) in [5.41, 5.74) is 19.4. The fourth-order valence-electron chi connectivity index (χ4n) is 10.6. The molecule has 0 saturated heterocycles. The number of rotatable bonds is 5. The van der Waals surface area contributed by atoms with Gasteiger partial charge in [-0.25, -0.2) is 0 Å². The maximum absolute atomic E-state index is 7.16. The summed E-state index contributed by atoms with van der Waals surface area (Å²) in [6.07, 6.45) is 0. The molecule has 0 fully saturated rings. The van der Waals surface area contributed by atoms with Crippen molar-refractivity contribution in [3.05, 3.63) is 247 Å². The molecule has 0 bridgehead atoms. The van der Waals surface area contributed by atoms with Gasteiger partial charge in [-0.1, -0.05) is 182 Å². The average Bonchev–Trinajstić information content (AvgIpc) is 3.95. The molecule has 0 N–H and O–H groups in total. The molecule has 1 spiro atoms. The van der Waals surface area contributed by atoms with Crippen molar-refractivity contribution < 1.29 is 4.42 Å². The van der Waals surface area contributed by atoms with E-state index in [1.807, 2.05) is 0 Å². The van der Waals surface area contributed by atoms with Gasteiger partial charge in [-0.2, -0.15) is 0 Å². The van der Waals surface area contributed by atoms with Gasteiger partial charge in [0.2, 0.25) is 0 Å². The quantitative estimate of drug-likeness (QED) is 0.173. The third-order valence-electron chi connectivity index (χ3n) is 13.3. The zero-order valence-corrected chi connectivity index (χ0v) is 33.2. The van der Waals surface area contributed by atoms with E-state index in [0.29, 0.717) is 0 Å². The van der Waals surface area contributed by atoms with E-state index < -0.39 is 5.41 Å². The largest absolute Gasteiger partial charge is 0.454 e. The minimum atomic E-state index is -0.480. The molecule has 2 heteroatoms. The van der Waals surface area contributed by atoms with Crippen molar-refractivity contribution in [2.45, 2.75) is 5.41 Å². The van der Waals surface area contributed by atoms with Crippen LogP contribution >= 0.6 is 0 Å². The molecule has 11 aromatic rings. The molecule has 2 aliphatic rings. The Morgan fingerprint density at radius 1 is 0.328 bits per heavy atom. The summed E-state index contributed by atoms with van der Waals surface area (Å²) in [5, 5.41) is 4.55. The monoisotopic (exact) mass is 775 g/mol. The fourth-order valence-corrected chi connectivity index (χ4v) is 10.6. The lowest BCUT2D eigenvalue weighted by atomic mass is 9.70. The summed E-state index contributed by atoms with van der Waals surface area (Å²) in [4.78, 5) is 2.45. The van der Waals surface area contributed by atoms with Crippen LogP contribution in [0, 0.1) is 0 Å².